The van der Waals surface area contributed by atoms with E-state index in [2.05, 4.69) is 5.32 Å². The van der Waals surface area contributed by atoms with E-state index in [1.54, 1.807) is 6.92 Å². The van der Waals surface area contributed by atoms with Crippen LogP contribution in [-0.4, -0.2) is 22.8 Å². The van der Waals surface area contributed by atoms with Gasteiger partial charge in [-0.25, -0.2) is 0 Å². The Labute approximate surface area is 80.8 Å². The molecule has 0 aromatic heterocycles. The molecule has 1 atom stereocenters. The Morgan fingerprint density at radius 1 is 1.50 bits per heavy atom. The van der Waals surface area contributed by atoms with Crippen molar-refractivity contribution in [2.45, 2.75) is 25.3 Å². The summed E-state index contributed by atoms with van der Waals surface area (Å²) in [5.74, 6) is -0.600. The van der Waals surface area contributed by atoms with Crippen LogP contribution in [0.1, 0.15) is 19.8 Å². The third-order valence-corrected chi connectivity index (χ3v) is 1.64. The van der Waals surface area contributed by atoms with Crippen molar-refractivity contribution in [3.05, 3.63) is 0 Å². The third kappa shape index (κ3) is 2.88. The van der Waals surface area contributed by atoms with Gasteiger partial charge in [0.05, 0.1) is 5.54 Å². The number of rotatable bonds is 0. The van der Waals surface area contributed by atoms with Gasteiger partial charge in [0.15, 0.2) is 0 Å². The highest BCUT2D eigenvalue weighted by Crippen LogP contribution is 2.12. The van der Waals surface area contributed by atoms with Gasteiger partial charge in [-0.05, 0) is 13.3 Å². The summed E-state index contributed by atoms with van der Waals surface area (Å²) in [7, 11) is 0. The zero-order valence-electron chi connectivity index (χ0n) is 6.72. The van der Waals surface area contributed by atoms with Gasteiger partial charge in [0.1, 0.15) is 0 Å². The molecular weight excluding hydrogens is 228 g/mol. The van der Waals surface area contributed by atoms with Crippen molar-refractivity contribution >= 4 is 28.8 Å². The molecule has 0 radical (unpaired) electrons. The van der Waals surface area contributed by atoms with E-state index in [0.717, 1.165) is 0 Å². The number of nitrogens with one attached hydrogen (secondary N) is 1. The van der Waals surface area contributed by atoms with E-state index >= 15 is 0 Å². The van der Waals surface area contributed by atoms with Crippen LogP contribution >= 0.6 is 17.0 Å². The number of hydrogen-bond acceptors (Lipinski definition) is 3. The van der Waals surface area contributed by atoms with Crippen LogP contribution < -0.4 is 11.1 Å². The summed E-state index contributed by atoms with van der Waals surface area (Å²) in [5, 5.41) is 2.17. The summed E-state index contributed by atoms with van der Waals surface area (Å²) in [5.41, 5.74) is 4.67. The maximum atomic E-state index is 10.9. The number of piperidine rings is 1. The average Bonchev–Trinajstić information content (AvgIpc) is 1.81. The number of carbonyl (C=O) groups is 2. The lowest BCUT2D eigenvalue weighted by molar-refractivity contribution is -0.137. The number of nitrogens with two attached hydrogens (primary N) is 1. The molecule has 6 heteroatoms. The fraction of sp³-hybridized carbons (Fsp3) is 0.667. The minimum atomic E-state index is -0.853. The fourth-order valence-electron chi connectivity index (χ4n) is 0.819. The molecule has 5 N–H and O–H groups in total. The average molecular weight is 241 g/mol. The molecule has 1 saturated heterocycles. The second-order valence-corrected chi connectivity index (χ2v) is 2.79. The van der Waals surface area contributed by atoms with Crippen LogP contribution in [0.4, 0.5) is 0 Å². The van der Waals surface area contributed by atoms with Crippen LogP contribution in [0.2, 0.25) is 0 Å². The van der Waals surface area contributed by atoms with Gasteiger partial charge in [-0.15, -0.1) is 17.0 Å². The highest BCUT2D eigenvalue weighted by molar-refractivity contribution is 8.93. The van der Waals surface area contributed by atoms with Crippen molar-refractivity contribution in [2.75, 3.05) is 0 Å². The number of carbonyl (C=O) groups excluding carboxylic acids is 2. The monoisotopic (exact) mass is 240 g/mol. The van der Waals surface area contributed by atoms with E-state index in [4.69, 9.17) is 5.73 Å². The van der Waals surface area contributed by atoms with Crippen molar-refractivity contribution < 1.29 is 15.1 Å². The molecular formula is C6H13BrN2O3. The fourth-order valence-corrected chi connectivity index (χ4v) is 0.819. The van der Waals surface area contributed by atoms with Gasteiger partial charge in [0.2, 0.25) is 11.8 Å². The quantitative estimate of drug-likeness (QED) is 0.525. The van der Waals surface area contributed by atoms with Crippen molar-refractivity contribution in [2.24, 2.45) is 5.73 Å². The molecule has 72 valence electrons. The molecule has 12 heavy (non-hydrogen) atoms. The molecule has 0 saturated carbocycles. The SMILES string of the molecule is Br.C[C@]1(N)CCC(=O)NC1=O.O. The summed E-state index contributed by atoms with van der Waals surface area (Å²) in [6, 6.07) is 0. The topological polar surface area (TPSA) is 104 Å². The number of imide groups is 1. The van der Waals surface area contributed by atoms with Gasteiger partial charge < -0.3 is 11.2 Å². The predicted octanol–water partition coefficient (Wildman–Crippen LogP) is -1.11. The zero-order valence-corrected chi connectivity index (χ0v) is 8.43. The lowest BCUT2D eigenvalue weighted by atomic mass is 9.93. The van der Waals surface area contributed by atoms with Crippen LogP contribution in [-0.2, 0) is 9.59 Å². The molecule has 5 nitrogen and oxygen atoms in total. The zero-order chi connectivity index (χ0) is 7.78. The second kappa shape index (κ2) is 4.54. The molecule has 0 unspecified atom stereocenters. The largest absolute Gasteiger partial charge is 0.412 e. The van der Waals surface area contributed by atoms with Crippen LogP contribution in [0, 0.1) is 0 Å². The van der Waals surface area contributed by atoms with Crippen molar-refractivity contribution in [3.63, 3.8) is 0 Å². The van der Waals surface area contributed by atoms with Crippen LogP contribution in [0.25, 0.3) is 0 Å². The van der Waals surface area contributed by atoms with E-state index < -0.39 is 5.54 Å². The predicted molar refractivity (Wildman–Crippen MR) is 48.9 cm³/mol. The van der Waals surface area contributed by atoms with Gasteiger partial charge >= 0.3 is 0 Å². The van der Waals surface area contributed by atoms with E-state index in [9.17, 15) is 9.59 Å². The molecule has 0 aromatic rings. The smallest absolute Gasteiger partial charge is 0.246 e. The van der Waals surface area contributed by atoms with E-state index in [1.807, 2.05) is 0 Å². The molecule has 0 aliphatic carbocycles. The lowest BCUT2D eigenvalue weighted by Gasteiger charge is -2.26. The maximum Gasteiger partial charge on any atom is 0.246 e. The molecule has 0 aromatic carbocycles. The first-order valence-corrected chi connectivity index (χ1v) is 3.15. The highest BCUT2D eigenvalue weighted by atomic mass is 79.9. The highest BCUT2D eigenvalue weighted by Gasteiger charge is 2.34. The molecule has 1 rings (SSSR count). The summed E-state index contributed by atoms with van der Waals surface area (Å²) < 4.78 is 0. The first-order valence-electron chi connectivity index (χ1n) is 3.15. The van der Waals surface area contributed by atoms with Crippen molar-refractivity contribution in [3.8, 4) is 0 Å². The molecule has 1 aliphatic rings. The van der Waals surface area contributed by atoms with E-state index in [-0.39, 0.29) is 34.3 Å². The van der Waals surface area contributed by atoms with Gasteiger partial charge in [-0.3, -0.25) is 14.9 Å². The lowest BCUT2D eigenvalue weighted by Crippen LogP contribution is -2.57. The van der Waals surface area contributed by atoms with Crippen LogP contribution in [0.15, 0.2) is 0 Å². The second-order valence-electron chi connectivity index (χ2n) is 2.79. The van der Waals surface area contributed by atoms with Crippen molar-refractivity contribution in [1.29, 1.82) is 0 Å². The Hall–Kier alpha value is -0.460. The Balaban J connectivity index is 0. The minimum absolute atomic E-state index is 0. The first-order chi connectivity index (χ1) is 4.52. The molecule has 0 bridgehead atoms. The number of hydrogen-bond donors (Lipinski definition) is 2. The molecule has 0 spiro atoms. The summed E-state index contributed by atoms with van der Waals surface area (Å²) in [6.07, 6.45) is 0.788. The third-order valence-electron chi connectivity index (χ3n) is 1.64. The molecule has 1 aliphatic heterocycles. The van der Waals surface area contributed by atoms with Crippen LogP contribution in [0.5, 0.6) is 0 Å². The van der Waals surface area contributed by atoms with Gasteiger partial charge in [-0.2, -0.15) is 0 Å². The maximum absolute atomic E-state index is 10.9. The molecule has 2 amide bonds. The number of amides is 2. The summed E-state index contributed by atoms with van der Waals surface area (Å²) in [6.45, 7) is 1.62. The Kier molecular flexibility index (Phi) is 5.33. The molecule has 1 fully saturated rings. The van der Waals surface area contributed by atoms with E-state index in [0.29, 0.717) is 12.8 Å². The standard InChI is InChI=1S/C6H10N2O2.BrH.H2O/c1-6(7)3-2-4(9)8-5(6)10;;/h2-3,7H2,1H3,(H,8,9,10);1H;1H2/t6-;;/m0../s1. The Bertz CT molecular complexity index is 193. The number of halogens is 1. The summed E-state index contributed by atoms with van der Waals surface area (Å²) >= 11 is 0. The van der Waals surface area contributed by atoms with Gasteiger partial charge in [0.25, 0.3) is 0 Å². The van der Waals surface area contributed by atoms with E-state index in [1.165, 1.54) is 0 Å². The minimum Gasteiger partial charge on any atom is -0.412 e. The van der Waals surface area contributed by atoms with Gasteiger partial charge in [-0.1, -0.05) is 0 Å². The molecule has 1 heterocycles. The summed E-state index contributed by atoms with van der Waals surface area (Å²) in [4.78, 5) is 21.4. The first kappa shape index (κ1) is 14.1. The van der Waals surface area contributed by atoms with Crippen LogP contribution in [0.3, 0.4) is 0 Å². The van der Waals surface area contributed by atoms with Crippen molar-refractivity contribution in [1.82, 2.24) is 5.32 Å². The Morgan fingerprint density at radius 2 is 2.00 bits per heavy atom. The van der Waals surface area contributed by atoms with Gasteiger partial charge in [0, 0.05) is 6.42 Å². The Morgan fingerprint density at radius 3 is 2.33 bits per heavy atom. The normalized spacial score (nSPS) is 28.2.